The number of hydrogen-bond acceptors (Lipinski definition) is 3. The van der Waals surface area contributed by atoms with Crippen molar-refractivity contribution in [1.82, 2.24) is 4.98 Å². The summed E-state index contributed by atoms with van der Waals surface area (Å²) in [5.74, 6) is 0. The maximum Gasteiger partial charge on any atom is 0.428 e. The van der Waals surface area contributed by atoms with Crippen LogP contribution in [-0.2, 0) is 8.85 Å². The first-order valence-electron chi connectivity index (χ1n) is 7.20. The molecule has 1 aliphatic rings. The molecule has 0 radical (unpaired) electrons. The van der Waals surface area contributed by atoms with Crippen LogP contribution in [0, 0.1) is 0 Å². The van der Waals surface area contributed by atoms with Crippen LogP contribution in [0.4, 0.5) is 0 Å². The van der Waals surface area contributed by atoms with Gasteiger partial charge < -0.3 is 8.85 Å². The Hall–Kier alpha value is 0.0969. The predicted octanol–water partition coefficient (Wildman–Crippen LogP) is 3.33. The Balaban J connectivity index is 2.77. The molecule has 1 N–H and O–H groups in total. The first kappa shape index (κ1) is 15.2. The van der Waals surface area contributed by atoms with E-state index in [1.165, 1.54) is 32.1 Å². The van der Waals surface area contributed by atoms with Gasteiger partial charge in [0.2, 0.25) is 0 Å². The molecule has 0 unspecified atom stereocenters. The highest BCUT2D eigenvalue weighted by Gasteiger charge is 2.47. The Morgan fingerprint density at radius 2 is 1.59 bits per heavy atom. The molecule has 1 rings (SSSR count). The Morgan fingerprint density at radius 1 is 1.06 bits per heavy atom. The van der Waals surface area contributed by atoms with Gasteiger partial charge in [0.25, 0.3) is 0 Å². The molecule has 1 fully saturated rings. The molecule has 0 bridgehead atoms. The highest BCUT2D eigenvalue weighted by molar-refractivity contribution is 6.66. The fraction of sp³-hybridized carbons (Fsp3) is 1.00. The molecule has 1 saturated carbocycles. The van der Waals surface area contributed by atoms with Gasteiger partial charge in [-0.3, -0.25) is 4.98 Å². The van der Waals surface area contributed by atoms with Crippen molar-refractivity contribution >= 4 is 8.72 Å². The molecule has 0 spiro atoms. The zero-order valence-electron chi connectivity index (χ0n) is 11.9. The van der Waals surface area contributed by atoms with Crippen LogP contribution in [0.5, 0.6) is 0 Å². The molecule has 0 saturated heterocycles. The third-order valence-electron chi connectivity index (χ3n) is 3.35. The molecule has 1 aliphatic carbocycles. The maximum absolute atomic E-state index is 6.13. The third kappa shape index (κ3) is 4.36. The van der Waals surface area contributed by atoms with Crippen molar-refractivity contribution in [2.75, 3.05) is 13.2 Å². The fourth-order valence-corrected chi connectivity index (χ4v) is 6.58. The van der Waals surface area contributed by atoms with Gasteiger partial charge in [-0.05, 0) is 32.7 Å². The molecule has 0 aromatic heterocycles. The average molecular weight is 259 g/mol. The van der Waals surface area contributed by atoms with Crippen molar-refractivity contribution in [2.24, 2.45) is 0 Å². The van der Waals surface area contributed by atoms with E-state index in [1.54, 1.807) is 0 Å². The Kier molecular flexibility index (Phi) is 6.70. The van der Waals surface area contributed by atoms with Crippen molar-refractivity contribution in [3.63, 3.8) is 0 Å². The maximum atomic E-state index is 6.13. The Labute approximate surface area is 108 Å². The normalized spacial score (nSPS) is 18.9. The second kappa shape index (κ2) is 7.51. The molecule has 17 heavy (non-hydrogen) atoms. The van der Waals surface area contributed by atoms with E-state index in [0.29, 0.717) is 11.6 Å². The van der Waals surface area contributed by atoms with Gasteiger partial charge in [-0.15, -0.1) is 0 Å². The van der Waals surface area contributed by atoms with E-state index in [4.69, 9.17) is 8.85 Å². The lowest BCUT2D eigenvalue weighted by Gasteiger charge is -2.39. The van der Waals surface area contributed by atoms with Crippen molar-refractivity contribution in [3.8, 4) is 0 Å². The van der Waals surface area contributed by atoms with E-state index in [2.05, 4.69) is 32.7 Å². The summed E-state index contributed by atoms with van der Waals surface area (Å²) >= 11 is 0. The van der Waals surface area contributed by atoms with Crippen LogP contribution < -0.4 is 4.98 Å². The number of rotatable bonds is 7. The van der Waals surface area contributed by atoms with Crippen LogP contribution in [0.15, 0.2) is 0 Å². The molecule has 0 aromatic carbocycles. The SMILES string of the molecule is CCO[Si](NC(C)C)(OCC)C1CCCCC1. The molecule has 0 aliphatic heterocycles. The monoisotopic (exact) mass is 259 g/mol. The molecular weight excluding hydrogens is 230 g/mol. The molecular formula is C13H29NO2Si. The first-order chi connectivity index (χ1) is 8.14. The van der Waals surface area contributed by atoms with Gasteiger partial charge in [-0.2, -0.15) is 0 Å². The second-order valence-electron chi connectivity index (χ2n) is 5.17. The smallest absolute Gasteiger partial charge is 0.383 e. The zero-order chi connectivity index (χ0) is 12.7. The van der Waals surface area contributed by atoms with Crippen LogP contribution in [-0.4, -0.2) is 28.0 Å². The predicted molar refractivity (Wildman–Crippen MR) is 74.1 cm³/mol. The number of nitrogens with one attached hydrogen (secondary N) is 1. The molecule has 102 valence electrons. The molecule has 0 atom stereocenters. The third-order valence-corrected chi connectivity index (χ3v) is 7.42. The van der Waals surface area contributed by atoms with E-state index < -0.39 is 8.72 Å². The molecule has 0 amide bonds. The summed E-state index contributed by atoms with van der Waals surface area (Å²) < 4.78 is 12.3. The van der Waals surface area contributed by atoms with Gasteiger partial charge in [0.05, 0.1) is 0 Å². The standard InChI is InChI=1S/C13H29NO2Si/c1-5-15-17(16-6-2,14-12(3)4)13-10-8-7-9-11-13/h12-14H,5-11H2,1-4H3. The molecule has 0 heterocycles. The largest absolute Gasteiger partial charge is 0.428 e. The van der Waals surface area contributed by atoms with Crippen LogP contribution in [0.3, 0.4) is 0 Å². The van der Waals surface area contributed by atoms with Crippen LogP contribution in [0.25, 0.3) is 0 Å². The van der Waals surface area contributed by atoms with E-state index in [-0.39, 0.29) is 0 Å². The fourth-order valence-electron chi connectivity index (χ4n) is 2.79. The lowest BCUT2D eigenvalue weighted by atomic mass is 10.0. The lowest BCUT2D eigenvalue weighted by Crippen LogP contribution is -2.62. The minimum absolute atomic E-state index is 0.432. The van der Waals surface area contributed by atoms with Crippen molar-refractivity contribution in [3.05, 3.63) is 0 Å². The summed E-state index contributed by atoms with van der Waals surface area (Å²) in [6.45, 7) is 10.0. The summed E-state index contributed by atoms with van der Waals surface area (Å²) in [6.07, 6.45) is 6.58. The van der Waals surface area contributed by atoms with E-state index in [9.17, 15) is 0 Å². The minimum Gasteiger partial charge on any atom is -0.383 e. The van der Waals surface area contributed by atoms with Crippen molar-refractivity contribution < 1.29 is 8.85 Å². The van der Waals surface area contributed by atoms with Gasteiger partial charge in [-0.1, -0.05) is 33.1 Å². The van der Waals surface area contributed by atoms with Gasteiger partial charge in [0, 0.05) is 18.8 Å². The average Bonchev–Trinajstić information content (AvgIpc) is 2.30. The van der Waals surface area contributed by atoms with E-state index in [0.717, 1.165) is 13.2 Å². The van der Waals surface area contributed by atoms with Crippen LogP contribution >= 0.6 is 0 Å². The van der Waals surface area contributed by atoms with Gasteiger partial charge in [-0.25, -0.2) is 0 Å². The summed E-state index contributed by atoms with van der Waals surface area (Å²) in [5.41, 5.74) is 0.624. The minimum atomic E-state index is -2.21. The summed E-state index contributed by atoms with van der Waals surface area (Å²) in [7, 11) is -2.21. The van der Waals surface area contributed by atoms with Gasteiger partial charge >= 0.3 is 8.72 Å². The summed E-state index contributed by atoms with van der Waals surface area (Å²) in [5, 5.41) is 0. The van der Waals surface area contributed by atoms with Crippen LogP contribution in [0.2, 0.25) is 5.54 Å². The van der Waals surface area contributed by atoms with E-state index >= 15 is 0 Å². The first-order valence-corrected chi connectivity index (χ1v) is 9.09. The molecule has 4 heteroatoms. The second-order valence-corrected chi connectivity index (χ2v) is 8.19. The summed E-state index contributed by atoms with van der Waals surface area (Å²) in [6, 6.07) is 0.432. The Morgan fingerprint density at radius 3 is 2.00 bits per heavy atom. The van der Waals surface area contributed by atoms with Gasteiger partial charge in [0.1, 0.15) is 0 Å². The highest BCUT2D eigenvalue weighted by atomic mass is 28.4. The Bertz CT molecular complexity index is 200. The topological polar surface area (TPSA) is 30.5 Å². The van der Waals surface area contributed by atoms with Gasteiger partial charge in [0.15, 0.2) is 0 Å². The van der Waals surface area contributed by atoms with E-state index in [1.807, 2.05) is 0 Å². The molecule has 0 aromatic rings. The highest BCUT2D eigenvalue weighted by Crippen LogP contribution is 2.37. The lowest BCUT2D eigenvalue weighted by molar-refractivity contribution is 0.149. The summed E-state index contributed by atoms with van der Waals surface area (Å²) in [4.78, 5) is 3.66. The van der Waals surface area contributed by atoms with Crippen molar-refractivity contribution in [2.45, 2.75) is 71.4 Å². The molecule has 3 nitrogen and oxygen atoms in total. The zero-order valence-corrected chi connectivity index (χ0v) is 12.9. The number of hydrogen-bond donors (Lipinski definition) is 1. The van der Waals surface area contributed by atoms with Crippen LogP contribution in [0.1, 0.15) is 59.8 Å². The van der Waals surface area contributed by atoms with Crippen molar-refractivity contribution in [1.29, 1.82) is 0 Å². The quantitative estimate of drug-likeness (QED) is 0.711.